The van der Waals surface area contributed by atoms with E-state index in [0.29, 0.717) is 24.8 Å². The third kappa shape index (κ3) is 4.20. The summed E-state index contributed by atoms with van der Waals surface area (Å²) in [6.45, 7) is 4.48. The quantitative estimate of drug-likeness (QED) is 0.261. The van der Waals surface area contributed by atoms with Gasteiger partial charge < -0.3 is 15.3 Å². The number of halogens is 1. The first kappa shape index (κ1) is 29.7. The number of alkyl halides is 1. The van der Waals surface area contributed by atoms with Crippen molar-refractivity contribution in [2.24, 2.45) is 28.6 Å². The van der Waals surface area contributed by atoms with Crippen molar-refractivity contribution in [3.8, 4) is 0 Å². The molecule has 188 valence electrons. The summed E-state index contributed by atoms with van der Waals surface area (Å²) in [5, 5.41) is 32.0. The first-order chi connectivity index (χ1) is 15.0. The van der Waals surface area contributed by atoms with Gasteiger partial charge in [0.05, 0.1) is 6.10 Å². The number of fused-ring (bicyclic) bond motifs is 5. The zero-order valence-electron chi connectivity index (χ0n) is 18.7. The van der Waals surface area contributed by atoms with Crippen molar-refractivity contribution in [2.45, 2.75) is 63.8 Å². The maximum atomic E-state index is 16.9. The van der Waals surface area contributed by atoms with Gasteiger partial charge in [0, 0.05) is 16.7 Å². The molecule has 5 N–H and O–H groups in total. The minimum atomic E-state index is -4.67. The second-order valence-corrected chi connectivity index (χ2v) is 11.1. The zero-order valence-corrected chi connectivity index (χ0v) is 19.5. The van der Waals surface area contributed by atoms with E-state index in [4.69, 9.17) is 17.5 Å². The Morgan fingerprint density at radius 1 is 1.24 bits per heavy atom. The Morgan fingerprint density at radius 3 is 2.32 bits per heavy atom. The number of carbonyl (C=O) groups excluding carboxylic acids is 2. The van der Waals surface area contributed by atoms with Crippen LogP contribution in [0, 0.1) is 28.6 Å². The summed E-state index contributed by atoms with van der Waals surface area (Å²) in [4.78, 5) is 24.4. The van der Waals surface area contributed by atoms with Crippen LogP contribution in [-0.2, 0) is 20.0 Å². The Labute approximate surface area is 220 Å². The number of Topliss-reactive ketones (excluding diaryl/α,β-unsaturated/α-hetero) is 1. The Kier molecular flexibility index (Phi) is 8.24. The fourth-order valence-electron chi connectivity index (χ4n) is 7.26. The molecule has 0 heterocycles. The molecule has 34 heavy (non-hydrogen) atoms. The van der Waals surface area contributed by atoms with Crippen LogP contribution in [0.3, 0.4) is 0 Å². The van der Waals surface area contributed by atoms with Gasteiger partial charge in [-0.05, 0) is 56.6 Å². The summed E-state index contributed by atoms with van der Waals surface area (Å²) in [6.07, 6.45) is 4.44. The van der Waals surface area contributed by atoms with Crippen LogP contribution in [0.15, 0.2) is 23.8 Å². The Hall–Kier alpha value is -0.500. The summed E-state index contributed by atoms with van der Waals surface area (Å²) < 4.78 is 48.4. The van der Waals surface area contributed by atoms with Gasteiger partial charge in [0.1, 0.15) is 12.2 Å². The first-order valence-corrected chi connectivity index (χ1v) is 12.2. The molecular weight excluding hydrogens is 482 g/mol. The van der Waals surface area contributed by atoms with Crippen LogP contribution in [0.25, 0.3) is 0 Å². The van der Waals surface area contributed by atoms with Gasteiger partial charge in [0.15, 0.2) is 17.2 Å². The van der Waals surface area contributed by atoms with Crippen LogP contribution in [-0.4, -0.2) is 97.9 Å². The van der Waals surface area contributed by atoms with E-state index in [1.807, 2.05) is 0 Å². The van der Waals surface area contributed by atoms with Gasteiger partial charge in [-0.2, -0.15) is 8.42 Å². The van der Waals surface area contributed by atoms with Crippen molar-refractivity contribution in [1.82, 2.24) is 0 Å². The van der Waals surface area contributed by atoms with Crippen molar-refractivity contribution in [3.63, 3.8) is 0 Å². The van der Waals surface area contributed by atoms with Crippen LogP contribution in [0.5, 0.6) is 0 Å². The molecule has 4 rings (SSSR count). The number of hydrogen-bond donors (Lipinski definition) is 5. The van der Waals surface area contributed by atoms with E-state index in [2.05, 4.69) is 0 Å². The second kappa shape index (κ2) is 9.42. The average Bonchev–Trinajstić information content (AvgIpc) is 2.89. The van der Waals surface area contributed by atoms with Crippen molar-refractivity contribution >= 4 is 51.5 Å². The number of allylic oxidation sites excluding steroid dienone is 4. The molecule has 3 saturated carbocycles. The number of aliphatic hydroxyl groups excluding tert-OH is 2. The molecule has 0 unspecified atom stereocenters. The molecule has 8 atom stereocenters. The van der Waals surface area contributed by atoms with Crippen LogP contribution in [0.2, 0.25) is 0 Å². The van der Waals surface area contributed by atoms with Gasteiger partial charge in [-0.1, -0.05) is 25.5 Å². The predicted molar refractivity (Wildman–Crippen MR) is 121 cm³/mol. The SMILES string of the molecule is C[C@@H]1C[C@H]2[C@@H]3CCC4=CC(=O)C=C[C@]4(C)[C@@]3(F)[C@@H](O)C[C@]2(C)[C@@]1(O)C(=O)CO.O=S(=O)(O)O.[NaH]. The molecule has 0 amide bonds. The third-order valence-electron chi connectivity index (χ3n) is 8.79. The van der Waals surface area contributed by atoms with Crippen molar-refractivity contribution < 1.29 is 46.8 Å². The summed E-state index contributed by atoms with van der Waals surface area (Å²) in [5.74, 6) is -2.12. The van der Waals surface area contributed by atoms with Gasteiger partial charge in [-0.3, -0.25) is 18.7 Å². The molecule has 0 bridgehead atoms. The molecule has 3 fully saturated rings. The number of aliphatic hydroxyl groups is 3. The molecule has 9 nitrogen and oxygen atoms in total. The first-order valence-electron chi connectivity index (χ1n) is 10.8. The molecule has 4 aliphatic carbocycles. The van der Waals surface area contributed by atoms with E-state index in [1.165, 1.54) is 12.2 Å². The molecule has 0 aliphatic heterocycles. The monoisotopic (exact) mass is 514 g/mol. The summed E-state index contributed by atoms with van der Waals surface area (Å²) >= 11 is 0. The fraction of sp³-hybridized carbons (Fsp3) is 0.727. The molecule has 4 aliphatic rings. The number of carbonyl (C=O) groups is 2. The van der Waals surface area contributed by atoms with Gasteiger partial charge >= 0.3 is 40.0 Å². The Balaban J connectivity index is 0.000000619. The number of rotatable bonds is 2. The topological polar surface area (TPSA) is 169 Å². The fourth-order valence-corrected chi connectivity index (χ4v) is 7.26. The van der Waals surface area contributed by atoms with E-state index in [0.717, 1.165) is 0 Å². The molecule has 0 aromatic rings. The Morgan fingerprint density at radius 2 is 1.79 bits per heavy atom. The van der Waals surface area contributed by atoms with E-state index >= 15 is 4.39 Å². The number of hydrogen-bond acceptors (Lipinski definition) is 7. The van der Waals surface area contributed by atoms with Crippen LogP contribution in [0.4, 0.5) is 4.39 Å². The average molecular weight is 515 g/mol. The van der Waals surface area contributed by atoms with E-state index in [9.17, 15) is 24.9 Å². The zero-order chi connectivity index (χ0) is 25.2. The standard InChI is InChI=1S/C22H29FO5.Na.H2O4S.H/c1-12-8-16-15-5-4-13-9-14(25)6-7-19(13,2)21(15,23)17(26)10-20(16,3)22(12,28)18(27)11-24;;1-5(2,3)4;/h6-7,9,12,15-17,24,26,28H,4-5,8,10-11H2,1-3H3;;(H2,1,2,3,4);/t12-,15+,16+,17+,19+,20+,21+,22+;;;/m1.../s1. The maximum absolute atomic E-state index is 16.9. The summed E-state index contributed by atoms with van der Waals surface area (Å²) in [6, 6.07) is 0. The van der Waals surface area contributed by atoms with E-state index in [-0.39, 0.29) is 47.7 Å². The van der Waals surface area contributed by atoms with Crippen molar-refractivity contribution in [3.05, 3.63) is 23.8 Å². The molecular formula is C22H32FNaO9S. The van der Waals surface area contributed by atoms with Crippen LogP contribution >= 0.6 is 0 Å². The van der Waals surface area contributed by atoms with Gasteiger partial charge in [0.25, 0.3) is 0 Å². The van der Waals surface area contributed by atoms with Gasteiger partial charge in [0.2, 0.25) is 0 Å². The van der Waals surface area contributed by atoms with E-state index < -0.39 is 62.8 Å². The summed E-state index contributed by atoms with van der Waals surface area (Å²) in [5.41, 5.74) is -5.17. The molecule has 0 spiro atoms. The molecule has 0 aromatic carbocycles. The van der Waals surface area contributed by atoms with Crippen molar-refractivity contribution in [1.29, 1.82) is 0 Å². The van der Waals surface area contributed by atoms with Crippen molar-refractivity contribution in [2.75, 3.05) is 6.61 Å². The summed E-state index contributed by atoms with van der Waals surface area (Å²) in [7, 11) is -4.67. The molecule has 0 radical (unpaired) electrons. The Bertz CT molecular complexity index is 1020. The van der Waals surface area contributed by atoms with Crippen LogP contribution < -0.4 is 0 Å². The van der Waals surface area contributed by atoms with Crippen LogP contribution in [0.1, 0.15) is 46.5 Å². The molecule has 0 saturated heterocycles. The van der Waals surface area contributed by atoms with Gasteiger partial charge in [-0.25, -0.2) is 4.39 Å². The molecule has 0 aromatic heterocycles. The minimum absolute atomic E-state index is 0. The van der Waals surface area contributed by atoms with E-state index in [1.54, 1.807) is 26.8 Å². The predicted octanol–water partition coefficient (Wildman–Crippen LogP) is 0.594. The van der Waals surface area contributed by atoms with Gasteiger partial charge in [-0.15, -0.1) is 0 Å². The molecule has 12 heteroatoms. The second-order valence-electron chi connectivity index (χ2n) is 10.2. The number of ketones is 2. The third-order valence-corrected chi connectivity index (χ3v) is 8.79. The normalized spacial score (nSPS) is 45.0.